The summed E-state index contributed by atoms with van der Waals surface area (Å²) in [5, 5.41) is 8.64. The van der Waals surface area contributed by atoms with Crippen LogP contribution < -0.4 is 9.47 Å². The van der Waals surface area contributed by atoms with Gasteiger partial charge in [-0.3, -0.25) is 0 Å². The molecule has 0 aliphatic rings. The number of ether oxygens (including phenoxy) is 2. The Kier molecular flexibility index (Phi) is 5.77. The lowest BCUT2D eigenvalue weighted by molar-refractivity contribution is 0.343. The van der Waals surface area contributed by atoms with Crippen molar-refractivity contribution in [2.24, 2.45) is 0 Å². The first-order chi connectivity index (χ1) is 11.8. The number of aromatic nitrogens is 2. The molecule has 0 aliphatic carbocycles. The summed E-state index contributed by atoms with van der Waals surface area (Å²) in [7, 11) is 1.62. The SMILES string of the molecule is COc1ccccc1-c1nnc(SCCOc2ccc(Br)cc2)o1. The second-order valence-electron chi connectivity index (χ2n) is 4.72. The highest BCUT2D eigenvalue weighted by Crippen LogP contribution is 2.30. The Hall–Kier alpha value is -1.99. The van der Waals surface area contributed by atoms with Crippen molar-refractivity contribution < 1.29 is 13.9 Å². The average Bonchev–Trinajstić information content (AvgIpc) is 3.09. The summed E-state index contributed by atoms with van der Waals surface area (Å²) < 4.78 is 17.7. The molecule has 3 aromatic rings. The zero-order valence-corrected chi connectivity index (χ0v) is 15.3. The van der Waals surface area contributed by atoms with Gasteiger partial charge in [0.15, 0.2) is 0 Å². The molecule has 1 heterocycles. The number of thioether (sulfide) groups is 1. The van der Waals surface area contributed by atoms with E-state index < -0.39 is 0 Å². The van der Waals surface area contributed by atoms with E-state index >= 15 is 0 Å². The van der Waals surface area contributed by atoms with Crippen molar-refractivity contribution in [2.45, 2.75) is 5.22 Å². The van der Waals surface area contributed by atoms with Crippen molar-refractivity contribution in [1.82, 2.24) is 10.2 Å². The number of hydrogen-bond acceptors (Lipinski definition) is 6. The third-order valence-corrected chi connectivity index (χ3v) is 4.45. The van der Waals surface area contributed by atoms with Crippen molar-refractivity contribution in [2.75, 3.05) is 19.5 Å². The molecule has 0 spiro atoms. The van der Waals surface area contributed by atoms with Gasteiger partial charge >= 0.3 is 0 Å². The van der Waals surface area contributed by atoms with Crippen molar-refractivity contribution >= 4 is 27.7 Å². The molecule has 0 amide bonds. The van der Waals surface area contributed by atoms with Gasteiger partial charge in [-0.15, -0.1) is 10.2 Å². The summed E-state index contributed by atoms with van der Waals surface area (Å²) in [5.74, 6) is 2.70. The minimum Gasteiger partial charge on any atom is -0.496 e. The third-order valence-electron chi connectivity index (χ3n) is 3.14. The van der Waals surface area contributed by atoms with Crippen molar-refractivity contribution in [1.29, 1.82) is 0 Å². The van der Waals surface area contributed by atoms with E-state index in [2.05, 4.69) is 26.1 Å². The van der Waals surface area contributed by atoms with Gasteiger partial charge in [-0.25, -0.2) is 0 Å². The fourth-order valence-corrected chi connectivity index (χ4v) is 2.86. The van der Waals surface area contributed by atoms with Gasteiger partial charge in [-0.05, 0) is 36.4 Å². The second kappa shape index (κ2) is 8.21. The van der Waals surface area contributed by atoms with Crippen LogP contribution in [-0.2, 0) is 0 Å². The van der Waals surface area contributed by atoms with E-state index in [-0.39, 0.29) is 0 Å². The lowest BCUT2D eigenvalue weighted by Gasteiger charge is -2.04. The Morgan fingerprint density at radius 1 is 1.08 bits per heavy atom. The maximum absolute atomic E-state index is 5.68. The van der Waals surface area contributed by atoms with Gasteiger partial charge in [-0.2, -0.15) is 0 Å². The summed E-state index contributed by atoms with van der Waals surface area (Å²) in [4.78, 5) is 0. The Bertz CT molecular complexity index is 793. The highest BCUT2D eigenvalue weighted by atomic mass is 79.9. The molecule has 0 bridgehead atoms. The average molecular weight is 407 g/mol. The van der Waals surface area contributed by atoms with E-state index in [1.54, 1.807) is 7.11 Å². The molecule has 124 valence electrons. The summed E-state index contributed by atoms with van der Waals surface area (Å²) in [6.45, 7) is 0.554. The minimum atomic E-state index is 0.448. The third kappa shape index (κ3) is 4.30. The van der Waals surface area contributed by atoms with Crippen LogP contribution in [-0.4, -0.2) is 29.7 Å². The van der Waals surface area contributed by atoms with Crippen LogP contribution in [0, 0.1) is 0 Å². The van der Waals surface area contributed by atoms with Crippen LogP contribution >= 0.6 is 27.7 Å². The van der Waals surface area contributed by atoms with Gasteiger partial charge in [0.25, 0.3) is 11.1 Å². The monoisotopic (exact) mass is 406 g/mol. The van der Waals surface area contributed by atoms with Gasteiger partial charge in [0.05, 0.1) is 19.3 Å². The molecular formula is C17H15BrN2O3S. The number of benzene rings is 2. The molecule has 0 fully saturated rings. The normalized spacial score (nSPS) is 10.6. The number of rotatable bonds is 7. The molecule has 0 unspecified atom stereocenters. The molecule has 3 rings (SSSR count). The molecule has 24 heavy (non-hydrogen) atoms. The molecule has 0 N–H and O–H groups in total. The van der Waals surface area contributed by atoms with Crippen LogP contribution in [0.5, 0.6) is 11.5 Å². The highest BCUT2D eigenvalue weighted by Gasteiger charge is 2.13. The highest BCUT2D eigenvalue weighted by molar-refractivity contribution is 9.10. The molecule has 0 radical (unpaired) electrons. The Labute approximate surface area is 152 Å². The molecule has 2 aromatic carbocycles. The standard InChI is InChI=1S/C17H15BrN2O3S/c1-21-15-5-3-2-4-14(15)16-19-20-17(23-16)24-11-10-22-13-8-6-12(18)7-9-13/h2-9H,10-11H2,1H3. The summed E-state index contributed by atoms with van der Waals surface area (Å²) in [5.41, 5.74) is 0.783. The second-order valence-corrected chi connectivity index (χ2v) is 6.69. The molecule has 5 nitrogen and oxygen atoms in total. The summed E-state index contributed by atoms with van der Waals surface area (Å²) in [6, 6.07) is 15.3. The minimum absolute atomic E-state index is 0.448. The number of hydrogen-bond donors (Lipinski definition) is 0. The quantitative estimate of drug-likeness (QED) is 0.419. The lowest BCUT2D eigenvalue weighted by atomic mass is 10.2. The van der Waals surface area contributed by atoms with E-state index in [9.17, 15) is 0 Å². The van der Waals surface area contributed by atoms with Gasteiger partial charge < -0.3 is 13.9 Å². The van der Waals surface area contributed by atoms with Gasteiger partial charge in [0.1, 0.15) is 11.5 Å². The van der Waals surface area contributed by atoms with Gasteiger partial charge in [0.2, 0.25) is 0 Å². The van der Waals surface area contributed by atoms with Crippen LogP contribution in [0.25, 0.3) is 11.5 Å². The predicted octanol–water partition coefficient (Wildman–Crippen LogP) is 4.68. The van der Waals surface area contributed by atoms with E-state index in [0.717, 1.165) is 15.8 Å². The molecule has 7 heteroatoms. The topological polar surface area (TPSA) is 57.4 Å². The molecule has 0 saturated heterocycles. The first kappa shape index (κ1) is 16.9. The lowest BCUT2D eigenvalue weighted by Crippen LogP contribution is -1.99. The van der Waals surface area contributed by atoms with E-state index in [4.69, 9.17) is 13.9 Å². The maximum Gasteiger partial charge on any atom is 0.276 e. The molecule has 0 saturated carbocycles. The zero-order valence-electron chi connectivity index (χ0n) is 12.9. The fourth-order valence-electron chi connectivity index (χ4n) is 2.02. The van der Waals surface area contributed by atoms with Gasteiger partial charge in [0, 0.05) is 10.2 Å². The molecule has 1 aromatic heterocycles. The largest absolute Gasteiger partial charge is 0.496 e. The van der Waals surface area contributed by atoms with Crippen molar-refractivity contribution in [3.8, 4) is 23.0 Å². The predicted molar refractivity (Wildman–Crippen MR) is 96.6 cm³/mol. The van der Waals surface area contributed by atoms with Crippen molar-refractivity contribution in [3.63, 3.8) is 0 Å². The Morgan fingerprint density at radius 2 is 1.88 bits per heavy atom. The fraction of sp³-hybridized carbons (Fsp3) is 0.176. The zero-order chi connectivity index (χ0) is 16.8. The first-order valence-corrected chi connectivity index (χ1v) is 9.02. The van der Waals surface area contributed by atoms with E-state index in [1.807, 2.05) is 48.5 Å². The summed E-state index contributed by atoms with van der Waals surface area (Å²) >= 11 is 4.85. The van der Waals surface area contributed by atoms with E-state index in [1.165, 1.54) is 11.8 Å². The number of methoxy groups -OCH3 is 1. The maximum atomic E-state index is 5.68. The van der Waals surface area contributed by atoms with Crippen LogP contribution in [0.4, 0.5) is 0 Å². The first-order valence-electron chi connectivity index (χ1n) is 7.24. The molecule has 0 atom stereocenters. The number of nitrogens with zero attached hydrogens (tertiary/aromatic N) is 2. The van der Waals surface area contributed by atoms with Crippen LogP contribution in [0.2, 0.25) is 0 Å². The van der Waals surface area contributed by atoms with Crippen molar-refractivity contribution in [3.05, 3.63) is 53.0 Å². The molecule has 0 aliphatic heterocycles. The van der Waals surface area contributed by atoms with Crippen LogP contribution in [0.1, 0.15) is 0 Å². The van der Waals surface area contributed by atoms with Crippen LogP contribution in [0.15, 0.2) is 62.6 Å². The van der Waals surface area contributed by atoms with Gasteiger partial charge in [-0.1, -0.05) is 39.8 Å². The summed E-state index contributed by atoms with van der Waals surface area (Å²) in [6.07, 6.45) is 0. The smallest absolute Gasteiger partial charge is 0.276 e. The number of halogens is 1. The van der Waals surface area contributed by atoms with Crippen LogP contribution in [0.3, 0.4) is 0 Å². The number of para-hydroxylation sites is 1. The van der Waals surface area contributed by atoms with E-state index in [0.29, 0.717) is 29.2 Å². The Balaban J connectivity index is 1.54. The molecular weight excluding hydrogens is 392 g/mol. The Morgan fingerprint density at radius 3 is 2.67 bits per heavy atom.